The summed E-state index contributed by atoms with van der Waals surface area (Å²) in [6.07, 6.45) is 0. The van der Waals surface area contributed by atoms with E-state index in [1.54, 1.807) is 0 Å². The highest BCUT2D eigenvalue weighted by molar-refractivity contribution is 6.33. The molecule has 1 aromatic carbocycles. The van der Waals surface area contributed by atoms with Crippen molar-refractivity contribution in [2.45, 2.75) is 27.3 Å². The quantitative estimate of drug-likeness (QED) is 0.853. The summed E-state index contributed by atoms with van der Waals surface area (Å²) in [6, 6.07) is 6.04. The van der Waals surface area contributed by atoms with Gasteiger partial charge in [0.1, 0.15) is 0 Å². The zero-order valence-electron chi connectivity index (χ0n) is 11.9. The SMILES string of the molecule is Cc1cccc(Cl)c1Nc1nnc(CNCC(C)C)o1. The van der Waals surface area contributed by atoms with Gasteiger partial charge in [-0.05, 0) is 31.0 Å². The van der Waals surface area contributed by atoms with Crippen LogP contribution in [0.2, 0.25) is 5.02 Å². The van der Waals surface area contributed by atoms with Crippen molar-refractivity contribution in [2.24, 2.45) is 5.92 Å². The number of nitrogens with one attached hydrogen (secondary N) is 2. The standard InChI is InChI=1S/C14H19ClN4O/c1-9(2)7-16-8-12-18-19-14(20-12)17-13-10(3)5-4-6-11(13)15/h4-6,9,16H,7-8H2,1-3H3,(H,17,19). The highest BCUT2D eigenvalue weighted by Crippen LogP contribution is 2.28. The van der Waals surface area contributed by atoms with Crippen molar-refractivity contribution in [3.05, 3.63) is 34.7 Å². The molecule has 2 aromatic rings. The number of anilines is 2. The van der Waals surface area contributed by atoms with E-state index in [0.29, 0.717) is 29.4 Å². The molecule has 0 unspecified atom stereocenters. The Hall–Kier alpha value is -1.59. The van der Waals surface area contributed by atoms with Crippen molar-refractivity contribution >= 4 is 23.3 Å². The molecule has 0 radical (unpaired) electrons. The lowest BCUT2D eigenvalue weighted by Gasteiger charge is -2.07. The number of hydrogen-bond acceptors (Lipinski definition) is 5. The van der Waals surface area contributed by atoms with Crippen LogP contribution in [0.3, 0.4) is 0 Å². The Bertz CT molecular complexity index is 548. The predicted octanol–water partition coefficient (Wildman–Crippen LogP) is 3.52. The van der Waals surface area contributed by atoms with Crippen LogP contribution >= 0.6 is 11.6 Å². The first kappa shape index (κ1) is 14.8. The monoisotopic (exact) mass is 294 g/mol. The molecule has 0 saturated heterocycles. The minimum absolute atomic E-state index is 0.350. The summed E-state index contributed by atoms with van der Waals surface area (Å²) >= 11 is 6.14. The van der Waals surface area contributed by atoms with Gasteiger partial charge in [-0.25, -0.2) is 0 Å². The Kier molecular flexibility index (Phi) is 4.98. The lowest BCUT2D eigenvalue weighted by molar-refractivity contribution is 0.460. The molecular weight excluding hydrogens is 276 g/mol. The maximum absolute atomic E-state index is 6.14. The van der Waals surface area contributed by atoms with E-state index < -0.39 is 0 Å². The number of hydrogen-bond donors (Lipinski definition) is 2. The van der Waals surface area contributed by atoms with Gasteiger partial charge in [0.05, 0.1) is 17.3 Å². The Labute approximate surface area is 123 Å². The van der Waals surface area contributed by atoms with Crippen molar-refractivity contribution in [3.8, 4) is 0 Å². The molecule has 20 heavy (non-hydrogen) atoms. The molecule has 6 heteroatoms. The van der Waals surface area contributed by atoms with Crippen molar-refractivity contribution in [1.82, 2.24) is 15.5 Å². The molecule has 0 spiro atoms. The van der Waals surface area contributed by atoms with E-state index in [4.69, 9.17) is 16.0 Å². The fraction of sp³-hybridized carbons (Fsp3) is 0.429. The van der Waals surface area contributed by atoms with Crippen molar-refractivity contribution in [3.63, 3.8) is 0 Å². The number of para-hydroxylation sites is 1. The maximum Gasteiger partial charge on any atom is 0.320 e. The average molecular weight is 295 g/mol. The van der Waals surface area contributed by atoms with Gasteiger partial charge in [0.25, 0.3) is 0 Å². The van der Waals surface area contributed by atoms with E-state index in [2.05, 4.69) is 34.7 Å². The molecule has 0 aliphatic heterocycles. The van der Waals surface area contributed by atoms with Gasteiger partial charge in [-0.3, -0.25) is 0 Å². The molecular formula is C14H19ClN4O. The molecule has 2 rings (SSSR count). The molecule has 0 fully saturated rings. The second kappa shape index (κ2) is 6.72. The Morgan fingerprint density at radius 2 is 2.10 bits per heavy atom. The maximum atomic E-state index is 6.14. The minimum Gasteiger partial charge on any atom is -0.406 e. The van der Waals surface area contributed by atoms with Crippen LogP contribution < -0.4 is 10.6 Å². The highest BCUT2D eigenvalue weighted by Gasteiger charge is 2.09. The topological polar surface area (TPSA) is 63.0 Å². The Morgan fingerprint density at radius 1 is 1.30 bits per heavy atom. The van der Waals surface area contributed by atoms with Crippen LogP contribution in [-0.2, 0) is 6.54 Å². The smallest absolute Gasteiger partial charge is 0.320 e. The Balaban J connectivity index is 1.99. The molecule has 0 amide bonds. The third-order valence-corrected chi connectivity index (χ3v) is 3.06. The molecule has 5 nitrogen and oxygen atoms in total. The molecule has 0 aliphatic carbocycles. The lowest BCUT2D eigenvalue weighted by atomic mass is 10.2. The van der Waals surface area contributed by atoms with E-state index >= 15 is 0 Å². The van der Waals surface area contributed by atoms with Gasteiger partial charge in [-0.15, -0.1) is 5.10 Å². The van der Waals surface area contributed by atoms with Gasteiger partial charge in [0, 0.05) is 0 Å². The first-order valence-electron chi connectivity index (χ1n) is 6.61. The summed E-state index contributed by atoms with van der Waals surface area (Å²) in [4.78, 5) is 0. The molecule has 0 saturated carbocycles. The first-order valence-corrected chi connectivity index (χ1v) is 6.99. The zero-order chi connectivity index (χ0) is 14.5. The summed E-state index contributed by atoms with van der Waals surface area (Å²) in [5.74, 6) is 1.14. The van der Waals surface area contributed by atoms with Crippen LogP contribution in [0.5, 0.6) is 0 Å². The van der Waals surface area contributed by atoms with Crippen LogP contribution in [0.4, 0.5) is 11.7 Å². The van der Waals surface area contributed by atoms with Crippen LogP contribution in [0, 0.1) is 12.8 Å². The molecule has 0 bridgehead atoms. The second-order valence-corrected chi connectivity index (χ2v) is 5.49. The number of aryl methyl sites for hydroxylation is 1. The van der Waals surface area contributed by atoms with Crippen molar-refractivity contribution < 1.29 is 4.42 Å². The van der Waals surface area contributed by atoms with Gasteiger partial charge in [-0.1, -0.05) is 42.7 Å². The normalized spacial score (nSPS) is 11.1. The first-order chi connectivity index (χ1) is 9.56. The van der Waals surface area contributed by atoms with E-state index in [1.807, 2.05) is 25.1 Å². The minimum atomic E-state index is 0.350. The van der Waals surface area contributed by atoms with Gasteiger partial charge in [-0.2, -0.15) is 0 Å². The molecule has 0 atom stereocenters. The second-order valence-electron chi connectivity index (χ2n) is 5.08. The van der Waals surface area contributed by atoms with Gasteiger partial charge in [0.15, 0.2) is 0 Å². The number of nitrogens with zero attached hydrogens (tertiary/aromatic N) is 2. The van der Waals surface area contributed by atoms with Crippen LogP contribution in [0.15, 0.2) is 22.6 Å². The predicted molar refractivity (Wildman–Crippen MR) is 80.3 cm³/mol. The number of rotatable bonds is 6. The largest absolute Gasteiger partial charge is 0.406 e. The van der Waals surface area contributed by atoms with Gasteiger partial charge in [0.2, 0.25) is 5.89 Å². The number of halogens is 1. The van der Waals surface area contributed by atoms with Gasteiger partial charge < -0.3 is 15.1 Å². The fourth-order valence-electron chi connectivity index (χ4n) is 1.74. The van der Waals surface area contributed by atoms with Crippen LogP contribution in [-0.4, -0.2) is 16.7 Å². The van der Waals surface area contributed by atoms with Crippen molar-refractivity contribution in [1.29, 1.82) is 0 Å². The van der Waals surface area contributed by atoms with Crippen LogP contribution in [0.1, 0.15) is 25.3 Å². The number of benzene rings is 1. The molecule has 1 heterocycles. The van der Waals surface area contributed by atoms with Gasteiger partial charge >= 0.3 is 6.01 Å². The van der Waals surface area contributed by atoms with E-state index in [-0.39, 0.29) is 0 Å². The molecule has 2 N–H and O–H groups in total. The van der Waals surface area contributed by atoms with E-state index in [1.165, 1.54) is 0 Å². The summed E-state index contributed by atoms with van der Waals surface area (Å²) in [5.41, 5.74) is 1.81. The Morgan fingerprint density at radius 3 is 2.80 bits per heavy atom. The lowest BCUT2D eigenvalue weighted by Crippen LogP contribution is -2.19. The summed E-state index contributed by atoms with van der Waals surface area (Å²) in [5, 5.41) is 14.9. The van der Waals surface area contributed by atoms with E-state index in [9.17, 15) is 0 Å². The molecule has 108 valence electrons. The van der Waals surface area contributed by atoms with E-state index in [0.717, 1.165) is 17.8 Å². The third kappa shape index (κ3) is 3.95. The summed E-state index contributed by atoms with van der Waals surface area (Å²) in [7, 11) is 0. The van der Waals surface area contributed by atoms with Crippen molar-refractivity contribution in [2.75, 3.05) is 11.9 Å². The fourth-order valence-corrected chi connectivity index (χ4v) is 2.01. The van der Waals surface area contributed by atoms with Crippen LogP contribution in [0.25, 0.3) is 0 Å². The summed E-state index contributed by atoms with van der Waals surface area (Å²) in [6.45, 7) is 7.74. The number of aromatic nitrogens is 2. The zero-order valence-corrected chi connectivity index (χ0v) is 12.7. The molecule has 1 aromatic heterocycles. The molecule has 0 aliphatic rings. The highest BCUT2D eigenvalue weighted by atomic mass is 35.5. The summed E-state index contributed by atoms with van der Waals surface area (Å²) < 4.78 is 5.52. The third-order valence-electron chi connectivity index (χ3n) is 2.75. The average Bonchev–Trinajstić information content (AvgIpc) is 2.81.